The molecule has 2 amide bonds. The second-order valence-electron chi connectivity index (χ2n) is 6.57. The summed E-state index contributed by atoms with van der Waals surface area (Å²) in [6.07, 6.45) is 2.31. The standard InChI is InChI=1S/C19H20N2O3.H8OSi3/c1-2-3-9-17-18(23)20(14-7-5-4-6-8-14)21(19(17)24)15-10-12-16(22)13-11-15;1-3-4-2/h4-8,10-13,17,22H,2-3,9H2,1H3;1H,3-4H2,2H3. The van der Waals surface area contributed by atoms with Gasteiger partial charge >= 0.3 is 0 Å². The highest BCUT2D eigenvalue weighted by atomic mass is 29.5. The molecule has 0 saturated carbocycles. The topological polar surface area (TPSA) is 81.1 Å². The smallest absolute Gasteiger partial charge is 0.258 e. The van der Waals surface area contributed by atoms with E-state index in [0.717, 1.165) is 12.8 Å². The fourth-order valence-electron chi connectivity index (χ4n) is 2.90. The number of carbonyl (C=O) groups is 2. The Morgan fingerprint density at radius 3 is 1.93 bits per heavy atom. The average molecular weight is 433 g/mol. The van der Waals surface area contributed by atoms with Crippen LogP contribution < -0.4 is 10.0 Å². The normalized spacial score (nSPS) is 17.1. The molecule has 0 bridgehead atoms. The van der Waals surface area contributed by atoms with E-state index in [1.807, 2.05) is 25.1 Å². The highest BCUT2D eigenvalue weighted by Gasteiger charge is 2.46. The molecule has 1 heterocycles. The number of hydrogen-bond acceptors (Lipinski definition) is 4. The summed E-state index contributed by atoms with van der Waals surface area (Å²) >= 11 is 0. The number of nitrogens with zero attached hydrogens (tertiary/aromatic N) is 2. The first-order chi connectivity index (χ1) is 13.5. The van der Waals surface area contributed by atoms with Gasteiger partial charge in [-0.2, -0.15) is 0 Å². The monoisotopic (exact) mass is 432 g/mol. The Balaban J connectivity index is 0.000000640. The number of phenols is 1. The molecule has 0 aliphatic carbocycles. The zero-order chi connectivity index (χ0) is 20.5. The predicted octanol–water partition coefficient (Wildman–Crippen LogP) is -0.0799. The summed E-state index contributed by atoms with van der Waals surface area (Å²) < 4.78 is 0. The number of unbranched alkanes of at least 4 members (excludes halogenated alkanes) is 1. The second-order valence-corrected chi connectivity index (χ2v) is 21.4. The van der Waals surface area contributed by atoms with Crippen LogP contribution in [-0.2, 0) is 9.59 Å². The number of aromatic hydroxyl groups is 1. The maximum absolute atomic E-state index is 12.9. The minimum Gasteiger partial charge on any atom is -0.508 e. The van der Waals surface area contributed by atoms with Crippen molar-refractivity contribution < 1.29 is 19.5 Å². The van der Waals surface area contributed by atoms with Crippen LogP contribution in [0.3, 0.4) is 0 Å². The molecule has 0 radical (unpaired) electrons. The third-order valence-corrected chi connectivity index (χ3v) is 10.2. The van der Waals surface area contributed by atoms with Gasteiger partial charge in [-0.1, -0.05) is 38.0 Å². The highest BCUT2D eigenvalue weighted by Crippen LogP contribution is 2.34. The fraction of sp³-hybridized carbons (Fsp3) is 0.263. The Morgan fingerprint density at radius 1 is 0.964 bits per heavy atom. The van der Waals surface area contributed by atoms with Crippen molar-refractivity contribution in [3.8, 4) is 5.75 Å². The molecule has 1 saturated heterocycles. The lowest BCUT2D eigenvalue weighted by atomic mass is 10.0. The molecule has 1 aliphatic rings. The number of anilines is 2. The van der Waals surface area contributed by atoms with Gasteiger partial charge in [0, 0.05) is 8.55 Å². The molecular formula is C19H28N2O4Si3. The Bertz CT molecular complexity index is 773. The summed E-state index contributed by atoms with van der Waals surface area (Å²) in [7, 11) is 1.22. The Morgan fingerprint density at radius 2 is 1.46 bits per heavy atom. The fourth-order valence-corrected chi connectivity index (χ4v) is 2.90. The molecule has 3 rings (SSSR count). The Kier molecular flexibility index (Phi) is 8.64. The molecule has 0 aromatic heterocycles. The van der Waals surface area contributed by atoms with E-state index in [1.165, 1.54) is 31.9 Å². The van der Waals surface area contributed by atoms with E-state index in [0.29, 0.717) is 17.8 Å². The Hall–Kier alpha value is -2.21. The van der Waals surface area contributed by atoms with Crippen LogP contribution in [0.1, 0.15) is 26.2 Å². The van der Waals surface area contributed by atoms with E-state index in [2.05, 4.69) is 0 Å². The van der Waals surface area contributed by atoms with Gasteiger partial charge in [0.05, 0.1) is 11.4 Å². The molecule has 1 fully saturated rings. The van der Waals surface area contributed by atoms with Gasteiger partial charge in [0.25, 0.3) is 11.8 Å². The van der Waals surface area contributed by atoms with Crippen molar-refractivity contribution in [2.24, 2.45) is 5.92 Å². The van der Waals surface area contributed by atoms with Gasteiger partial charge in [-0.05, 0) is 52.6 Å². The van der Waals surface area contributed by atoms with Crippen LogP contribution in [0, 0.1) is 5.92 Å². The number of para-hydroxylation sites is 1. The Labute approximate surface area is 172 Å². The summed E-state index contributed by atoms with van der Waals surface area (Å²) in [5, 5.41) is 12.3. The third-order valence-electron chi connectivity index (χ3n) is 4.38. The van der Waals surface area contributed by atoms with E-state index in [9.17, 15) is 14.7 Å². The molecule has 1 atom stereocenters. The van der Waals surface area contributed by atoms with Gasteiger partial charge in [-0.3, -0.25) is 9.59 Å². The van der Waals surface area contributed by atoms with Gasteiger partial charge < -0.3 is 9.90 Å². The van der Waals surface area contributed by atoms with E-state index in [1.54, 1.807) is 24.3 Å². The third kappa shape index (κ3) is 5.19. The summed E-state index contributed by atoms with van der Waals surface area (Å²) in [6.45, 7) is 2.04. The van der Waals surface area contributed by atoms with Crippen molar-refractivity contribution in [2.45, 2.75) is 26.2 Å². The molecule has 2 N–H and O–H groups in total. The number of carbonyl (C=O) groups excluding carboxylic acids is 2. The molecule has 2 aromatic rings. The number of rotatable bonds is 6. The zero-order valence-electron chi connectivity index (χ0n) is 16.4. The maximum atomic E-state index is 12.9. The van der Waals surface area contributed by atoms with E-state index >= 15 is 0 Å². The van der Waals surface area contributed by atoms with Crippen molar-refractivity contribution >= 4 is 50.8 Å². The van der Waals surface area contributed by atoms with Gasteiger partial charge in [-0.15, -0.1) is 0 Å². The van der Waals surface area contributed by atoms with Crippen molar-refractivity contribution in [1.29, 1.82) is 0 Å². The van der Waals surface area contributed by atoms with Crippen LogP contribution in [0.5, 0.6) is 5.75 Å². The van der Waals surface area contributed by atoms with E-state index < -0.39 is 5.92 Å². The van der Waals surface area contributed by atoms with Gasteiger partial charge in [-0.25, -0.2) is 10.0 Å². The first-order valence-corrected chi connectivity index (χ1v) is 20.0. The summed E-state index contributed by atoms with van der Waals surface area (Å²) in [5.74, 6) is -0.958. The SMILES string of the molecule is CCCCC1C(=O)N(c2ccccc2)N(c2ccc(O)cc2)C1=O.O[SiH2][SiH2][SiH3]. The van der Waals surface area contributed by atoms with Crippen LogP contribution in [0.15, 0.2) is 54.6 Å². The summed E-state index contributed by atoms with van der Waals surface area (Å²) in [5.41, 5.74) is 1.22. The molecule has 150 valence electrons. The predicted molar refractivity (Wildman–Crippen MR) is 122 cm³/mol. The van der Waals surface area contributed by atoms with Crippen LogP contribution >= 0.6 is 0 Å². The van der Waals surface area contributed by atoms with Crippen LogP contribution in [0.4, 0.5) is 11.4 Å². The van der Waals surface area contributed by atoms with Crippen molar-refractivity contribution in [3.05, 3.63) is 54.6 Å². The molecule has 9 heteroatoms. The van der Waals surface area contributed by atoms with Crippen molar-refractivity contribution in [2.75, 3.05) is 10.0 Å². The van der Waals surface area contributed by atoms with Crippen LogP contribution in [0.2, 0.25) is 0 Å². The van der Waals surface area contributed by atoms with Crippen molar-refractivity contribution in [3.63, 3.8) is 0 Å². The van der Waals surface area contributed by atoms with Gasteiger partial charge in [0.15, 0.2) is 0 Å². The quantitative estimate of drug-likeness (QED) is 0.494. The largest absolute Gasteiger partial charge is 0.508 e. The zero-order valence-corrected chi connectivity index (χ0v) is 21.2. The summed E-state index contributed by atoms with van der Waals surface area (Å²) in [4.78, 5) is 33.9. The second kappa shape index (κ2) is 11.0. The maximum Gasteiger partial charge on any atom is 0.258 e. The highest BCUT2D eigenvalue weighted by molar-refractivity contribution is 7.21. The number of benzene rings is 2. The molecular weight excluding hydrogens is 404 g/mol. The molecule has 6 nitrogen and oxygen atoms in total. The van der Waals surface area contributed by atoms with E-state index in [-0.39, 0.29) is 35.4 Å². The number of hydrazine groups is 1. The molecule has 2 aromatic carbocycles. The molecule has 1 unspecified atom stereocenters. The number of amides is 2. The minimum absolute atomic E-state index is 0.116. The van der Waals surface area contributed by atoms with Gasteiger partial charge in [0.2, 0.25) is 0 Å². The first-order valence-electron chi connectivity index (χ1n) is 9.67. The summed E-state index contributed by atoms with van der Waals surface area (Å²) in [6, 6.07) is 15.4. The lowest BCUT2D eigenvalue weighted by molar-refractivity contribution is -0.127. The molecule has 1 aliphatic heterocycles. The van der Waals surface area contributed by atoms with Crippen LogP contribution in [-0.4, -0.2) is 49.3 Å². The number of hydrogen-bond donors (Lipinski definition) is 2. The minimum atomic E-state index is -0.654. The average Bonchev–Trinajstić information content (AvgIpc) is 2.97. The van der Waals surface area contributed by atoms with E-state index in [4.69, 9.17) is 4.80 Å². The number of phenolic OH excluding ortho intramolecular Hbond substituents is 1. The van der Waals surface area contributed by atoms with Crippen molar-refractivity contribution in [1.82, 2.24) is 0 Å². The van der Waals surface area contributed by atoms with Gasteiger partial charge in [0.1, 0.15) is 20.9 Å². The lowest BCUT2D eigenvalue weighted by Gasteiger charge is -2.27. The molecule has 28 heavy (non-hydrogen) atoms. The lowest BCUT2D eigenvalue weighted by Crippen LogP contribution is -2.41. The van der Waals surface area contributed by atoms with Crippen LogP contribution in [0.25, 0.3) is 0 Å². The first kappa shape index (κ1) is 22.1. The molecule has 0 spiro atoms.